The molecule has 14 heavy (non-hydrogen) atoms. The lowest BCUT2D eigenvalue weighted by Crippen LogP contribution is -2.81. The number of β-lactam (4-membered cyclic amide) rings is 1. The topological polar surface area (TPSA) is 20.3 Å². The van der Waals surface area contributed by atoms with Gasteiger partial charge in [0.05, 0.1) is 5.41 Å². The summed E-state index contributed by atoms with van der Waals surface area (Å²) in [5, 5.41) is 0. The van der Waals surface area contributed by atoms with E-state index in [0.29, 0.717) is 13.0 Å². The highest BCUT2D eigenvalue weighted by Gasteiger charge is 2.81. The SMILES string of the molecule is O=C1CCN1C12CC(C(F)(F)F)(C1)C2. The van der Waals surface area contributed by atoms with Gasteiger partial charge in [0, 0.05) is 18.5 Å². The molecule has 0 N–H and O–H groups in total. The molecule has 0 spiro atoms. The van der Waals surface area contributed by atoms with Gasteiger partial charge in [0.2, 0.25) is 5.91 Å². The van der Waals surface area contributed by atoms with Crippen molar-refractivity contribution in [1.82, 2.24) is 4.90 Å². The normalized spacial score (nSPS) is 45.4. The van der Waals surface area contributed by atoms with Gasteiger partial charge in [0.1, 0.15) is 0 Å². The molecule has 2 bridgehead atoms. The molecule has 4 fully saturated rings. The van der Waals surface area contributed by atoms with Gasteiger partial charge in [-0.25, -0.2) is 0 Å². The highest BCUT2D eigenvalue weighted by molar-refractivity contribution is 5.83. The average Bonchev–Trinajstić information content (AvgIpc) is 1.87. The first-order chi connectivity index (χ1) is 6.39. The van der Waals surface area contributed by atoms with Crippen LogP contribution in [-0.4, -0.2) is 29.1 Å². The van der Waals surface area contributed by atoms with E-state index in [-0.39, 0.29) is 30.7 Å². The maximum Gasteiger partial charge on any atom is 0.394 e. The summed E-state index contributed by atoms with van der Waals surface area (Å²) in [6, 6.07) is 0. The van der Waals surface area contributed by atoms with Crippen molar-refractivity contribution in [2.75, 3.05) is 6.54 Å². The van der Waals surface area contributed by atoms with E-state index in [1.807, 2.05) is 0 Å². The molecule has 3 aliphatic carbocycles. The fraction of sp³-hybridized carbons (Fsp3) is 0.889. The molecule has 0 radical (unpaired) electrons. The Morgan fingerprint density at radius 1 is 1.21 bits per heavy atom. The zero-order chi connectivity index (χ0) is 10.2. The summed E-state index contributed by atoms with van der Waals surface area (Å²) >= 11 is 0. The minimum atomic E-state index is -4.07. The van der Waals surface area contributed by atoms with E-state index in [9.17, 15) is 18.0 Å². The molecule has 1 amide bonds. The van der Waals surface area contributed by atoms with E-state index in [1.54, 1.807) is 4.90 Å². The van der Waals surface area contributed by atoms with Crippen molar-refractivity contribution in [1.29, 1.82) is 0 Å². The van der Waals surface area contributed by atoms with Crippen LogP contribution in [0.2, 0.25) is 0 Å². The molecular weight excluding hydrogens is 195 g/mol. The van der Waals surface area contributed by atoms with E-state index < -0.39 is 11.6 Å². The quantitative estimate of drug-likeness (QED) is 0.597. The molecule has 3 saturated carbocycles. The second kappa shape index (κ2) is 1.95. The zero-order valence-electron chi connectivity index (χ0n) is 7.52. The minimum Gasteiger partial charge on any atom is -0.336 e. The van der Waals surface area contributed by atoms with Gasteiger partial charge in [-0.1, -0.05) is 0 Å². The number of halogens is 3. The molecule has 0 atom stereocenters. The highest BCUT2D eigenvalue weighted by atomic mass is 19.4. The monoisotopic (exact) mass is 205 g/mol. The van der Waals surface area contributed by atoms with Crippen molar-refractivity contribution in [3.63, 3.8) is 0 Å². The Morgan fingerprint density at radius 2 is 1.79 bits per heavy atom. The van der Waals surface area contributed by atoms with Crippen molar-refractivity contribution < 1.29 is 18.0 Å². The molecule has 4 rings (SSSR count). The smallest absolute Gasteiger partial charge is 0.336 e. The Hall–Kier alpha value is -0.740. The van der Waals surface area contributed by atoms with Crippen LogP contribution in [0.15, 0.2) is 0 Å². The number of rotatable bonds is 1. The number of nitrogens with zero attached hydrogens (tertiary/aromatic N) is 1. The lowest BCUT2D eigenvalue weighted by Gasteiger charge is -2.74. The standard InChI is InChI=1S/C9H10F3NO/c10-9(11,12)7-3-8(4-7,5-7)13-2-1-6(13)14/h1-5H2. The molecule has 0 aromatic rings. The van der Waals surface area contributed by atoms with Crippen molar-refractivity contribution in [2.24, 2.45) is 5.41 Å². The molecule has 1 saturated heterocycles. The van der Waals surface area contributed by atoms with E-state index >= 15 is 0 Å². The molecule has 5 heteroatoms. The van der Waals surface area contributed by atoms with E-state index in [0.717, 1.165) is 0 Å². The van der Waals surface area contributed by atoms with Crippen LogP contribution in [0.25, 0.3) is 0 Å². The minimum absolute atomic E-state index is 0.0282. The Balaban J connectivity index is 1.72. The molecule has 1 heterocycles. The number of hydrogen-bond donors (Lipinski definition) is 0. The third-order valence-corrected chi connectivity index (χ3v) is 4.03. The first-order valence-electron chi connectivity index (χ1n) is 4.76. The molecule has 2 nitrogen and oxygen atoms in total. The third kappa shape index (κ3) is 0.696. The summed E-state index contributed by atoms with van der Waals surface area (Å²) in [5.41, 5.74) is -1.81. The first kappa shape index (κ1) is 8.56. The molecule has 4 aliphatic rings. The molecule has 0 aromatic carbocycles. The molecular formula is C9H10F3NO. The fourth-order valence-electron chi connectivity index (χ4n) is 3.14. The van der Waals surface area contributed by atoms with Crippen molar-refractivity contribution in [2.45, 2.75) is 37.4 Å². The summed E-state index contributed by atoms with van der Waals surface area (Å²) < 4.78 is 37.4. The van der Waals surface area contributed by atoms with Gasteiger partial charge >= 0.3 is 6.18 Å². The predicted molar refractivity (Wildman–Crippen MR) is 41.4 cm³/mol. The average molecular weight is 205 g/mol. The van der Waals surface area contributed by atoms with Gasteiger partial charge in [-0.3, -0.25) is 4.79 Å². The van der Waals surface area contributed by atoms with Crippen LogP contribution in [0.3, 0.4) is 0 Å². The van der Waals surface area contributed by atoms with Gasteiger partial charge in [-0.05, 0) is 19.3 Å². The van der Waals surface area contributed by atoms with Crippen LogP contribution in [0.4, 0.5) is 13.2 Å². The molecule has 0 aromatic heterocycles. The second-order valence-corrected chi connectivity index (χ2v) is 4.83. The third-order valence-electron chi connectivity index (χ3n) is 4.03. The number of amides is 1. The lowest BCUT2D eigenvalue weighted by atomic mass is 9.38. The highest BCUT2D eigenvalue weighted by Crippen LogP contribution is 2.75. The number of carbonyl (C=O) groups excluding carboxylic acids is 1. The number of alkyl halides is 3. The van der Waals surface area contributed by atoms with E-state index in [2.05, 4.69) is 0 Å². The Bertz CT molecular complexity index is 303. The maximum atomic E-state index is 12.5. The van der Waals surface area contributed by atoms with Crippen molar-refractivity contribution in [3.05, 3.63) is 0 Å². The predicted octanol–water partition coefficient (Wildman–Crippen LogP) is 1.70. The molecule has 1 aliphatic heterocycles. The van der Waals surface area contributed by atoms with Crippen molar-refractivity contribution >= 4 is 5.91 Å². The molecule has 0 unspecified atom stereocenters. The number of hydrogen-bond acceptors (Lipinski definition) is 1. The van der Waals surface area contributed by atoms with Gasteiger partial charge < -0.3 is 4.90 Å². The van der Waals surface area contributed by atoms with Gasteiger partial charge in [0.15, 0.2) is 0 Å². The lowest BCUT2D eigenvalue weighted by molar-refractivity contribution is -0.361. The Morgan fingerprint density at radius 3 is 2.07 bits per heavy atom. The molecule has 78 valence electrons. The summed E-state index contributed by atoms with van der Waals surface area (Å²) in [6.07, 6.45) is -3.11. The second-order valence-electron chi connectivity index (χ2n) is 4.83. The largest absolute Gasteiger partial charge is 0.394 e. The number of carbonyl (C=O) groups is 1. The van der Waals surface area contributed by atoms with Gasteiger partial charge in [-0.2, -0.15) is 13.2 Å². The van der Waals surface area contributed by atoms with Crippen LogP contribution in [0, 0.1) is 5.41 Å². The Kier molecular flexibility index (Phi) is 1.19. The van der Waals surface area contributed by atoms with Crippen LogP contribution in [-0.2, 0) is 4.79 Å². The fourth-order valence-corrected chi connectivity index (χ4v) is 3.14. The van der Waals surface area contributed by atoms with Crippen molar-refractivity contribution in [3.8, 4) is 0 Å². The maximum absolute atomic E-state index is 12.5. The number of likely N-dealkylation sites (tertiary alicyclic amines) is 1. The van der Waals surface area contributed by atoms with E-state index in [1.165, 1.54) is 0 Å². The zero-order valence-corrected chi connectivity index (χ0v) is 7.52. The van der Waals surface area contributed by atoms with Gasteiger partial charge in [0.25, 0.3) is 0 Å². The van der Waals surface area contributed by atoms with Gasteiger partial charge in [-0.15, -0.1) is 0 Å². The Labute approximate surface area is 79.1 Å². The summed E-state index contributed by atoms with van der Waals surface area (Å²) in [5.74, 6) is 0.0282. The summed E-state index contributed by atoms with van der Waals surface area (Å²) in [4.78, 5) is 12.7. The first-order valence-corrected chi connectivity index (χ1v) is 4.76. The van der Waals surface area contributed by atoms with E-state index in [4.69, 9.17) is 0 Å². The summed E-state index contributed by atoms with van der Waals surface area (Å²) in [6.45, 7) is 0.659. The van der Waals surface area contributed by atoms with Crippen LogP contribution >= 0.6 is 0 Å². The van der Waals surface area contributed by atoms with Crippen LogP contribution in [0.1, 0.15) is 25.7 Å². The van der Waals surface area contributed by atoms with Crippen LogP contribution < -0.4 is 0 Å². The summed E-state index contributed by atoms with van der Waals surface area (Å²) in [7, 11) is 0. The van der Waals surface area contributed by atoms with Crippen LogP contribution in [0.5, 0.6) is 0 Å².